The van der Waals surface area contributed by atoms with Crippen molar-refractivity contribution in [1.82, 2.24) is 5.32 Å². The zero-order valence-corrected chi connectivity index (χ0v) is 14.0. The molecule has 124 valence electrons. The first kappa shape index (κ1) is 17.1. The number of para-hydroxylation sites is 1. The van der Waals surface area contributed by atoms with Gasteiger partial charge in [0.1, 0.15) is 22.9 Å². The Kier molecular flexibility index (Phi) is 5.11. The van der Waals surface area contributed by atoms with E-state index in [0.717, 1.165) is 11.3 Å². The molecule has 2 aromatic rings. The Morgan fingerprint density at radius 2 is 2.00 bits per heavy atom. The summed E-state index contributed by atoms with van der Waals surface area (Å²) in [7, 11) is 0. The number of nitrogens with one attached hydrogen (secondary N) is 1. The Bertz CT molecular complexity index is 688. The maximum Gasteiger partial charge on any atom is 0.258 e. The average Bonchev–Trinajstić information content (AvgIpc) is 2.84. The molecule has 0 aliphatic carbocycles. The van der Waals surface area contributed by atoms with Crippen LogP contribution in [0.1, 0.15) is 29.6 Å². The number of amides is 1. The van der Waals surface area contributed by atoms with Gasteiger partial charge in [0.15, 0.2) is 6.61 Å². The van der Waals surface area contributed by atoms with E-state index in [0.29, 0.717) is 17.1 Å². The molecule has 0 bridgehead atoms. The Morgan fingerprint density at radius 3 is 2.61 bits per heavy atom. The summed E-state index contributed by atoms with van der Waals surface area (Å²) < 4.78 is 10.9. The third-order valence-corrected chi connectivity index (χ3v) is 3.70. The van der Waals surface area contributed by atoms with Crippen molar-refractivity contribution < 1.29 is 19.1 Å². The van der Waals surface area contributed by atoms with E-state index in [-0.39, 0.29) is 19.1 Å². The Hall–Kier alpha value is -2.27. The number of rotatable bonds is 6. The standard InChI is InChI=1S/C18H23NO4/c1-12-7-5-6-8-16(12)22-10-17(20)19-11-18(4,21)15-9-13(2)23-14(15)3/h5-9,21H,10-11H2,1-4H3,(H,19,20). The molecule has 1 unspecified atom stereocenters. The fraction of sp³-hybridized carbons (Fsp3) is 0.389. The van der Waals surface area contributed by atoms with Crippen LogP contribution in [0.25, 0.3) is 0 Å². The van der Waals surface area contributed by atoms with Crippen molar-refractivity contribution >= 4 is 5.91 Å². The molecule has 0 radical (unpaired) electrons. The zero-order chi connectivity index (χ0) is 17.0. The second kappa shape index (κ2) is 6.87. The number of furan rings is 1. The number of ether oxygens (including phenoxy) is 1. The summed E-state index contributed by atoms with van der Waals surface area (Å²) >= 11 is 0. The molecule has 1 amide bonds. The molecule has 0 fully saturated rings. The largest absolute Gasteiger partial charge is 0.484 e. The summed E-state index contributed by atoms with van der Waals surface area (Å²) in [6.07, 6.45) is 0. The maximum absolute atomic E-state index is 11.9. The van der Waals surface area contributed by atoms with Crippen molar-refractivity contribution in [2.45, 2.75) is 33.3 Å². The van der Waals surface area contributed by atoms with Gasteiger partial charge in [-0.15, -0.1) is 0 Å². The molecule has 5 heteroatoms. The molecule has 1 aromatic heterocycles. The van der Waals surface area contributed by atoms with Gasteiger partial charge in [0.25, 0.3) is 5.91 Å². The molecule has 0 spiro atoms. The first-order valence-electron chi connectivity index (χ1n) is 7.54. The number of aryl methyl sites for hydroxylation is 3. The summed E-state index contributed by atoms with van der Waals surface area (Å²) in [5.74, 6) is 1.77. The first-order valence-corrected chi connectivity index (χ1v) is 7.54. The fourth-order valence-electron chi connectivity index (χ4n) is 2.44. The van der Waals surface area contributed by atoms with Crippen molar-refractivity contribution in [3.05, 3.63) is 53.0 Å². The van der Waals surface area contributed by atoms with Crippen molar-refractivity contribution in [2.24, 2.45) is 0 Å². The van der Waals surface area contributed by atoms with Gasteiger partial charge in [-0.2, -0.15) is 0 Å². The van der Waals surface area contributed by atoms with Crippen molar-refractivity contribution in [1.29, 1.82) is 0 Å². The lowest BCUT2D eigenvalue weighted by molar-refractivity contribution is -0.124. The molecule has 1 atom stereocenters. The summed E-state index contributed by atoms with van der Waals surface area (Å²) in [6, 6.07) is 9.29. The molecular weight excluding hydrogens is 294 g/mol. The van der Waals surface area contributed by atoms with E-state index < -0.39 is 5.60 Å². The SMILES string of the molecule is Cc1cc(C(C)(O)CNC(=O)COc2ccccc2C)c(C)o1. The van der Waals surface area contributed by atoms with Crippen molar-refractivity contribution in [3.63, 3.8) is 0 Å². The van der Waals surface area contributed by atoms with Gasteiger partial charge in [0, 0.05) is 5.56 Å². The topological polar surface area (TPSA) is 71.7 Å². The Labute approximate surface area is 136 Å². The van der Waals surface area contributed by atoms with Gasteiger partial charge in [-0.1, -0.05) is 18.2 Å². The number of carbonyl (C=O) groups is 1. The summed E-state index contributed by atoms with van der Waals surface area (Å²) in [5.41, 5.74) is 0.451. The van der Waals surface area contributed by atoms with E-state index in [1.165, 1.54) is 0 Å². The van der Waals surface area contributed by atoms with Crippen LogP contribution < -0.4 is 10.1 Å². The van der Waals surface area contributed by atoms with E-state index in [2.05, 4.69) is 5.32 Å². The molecule has 23 heavy (non-hydrogen) atoms. The maximum atomic E-state index is 11.9. The van der Waals surface area contributed by atoms with E-state index in [9.17, 15) is 9.90 Å². The minimum absolute atomic E-state index is 0.0861. The van der Waals surface area contributed by atoms with Crippen LogP contribution >= 0.6 is 0 Å². The van der Waals surface area contributed by atoms with Gasteiger partial charge < -0.3 is 19.6 Å². The first-order chi connectivity index (χ1) is 10.8. The molecule has 0 saturated carbocycles. The second-order valence-electron chi connectivity index (χ2n) is 5.93. The predicted molar refractivity (Wildman–Crippen MR) is 87.4 cm³/mol. The van der Waals surface area contributed by atoms with Crippen LogP contribution in [0.15, 0.2) is 34.7 Å². The molecule has 2 N–H and O–H groups in total. The number of hydrogen-bond acceptors (Lipinski definition) is 4. The molecule has 5 nitrogen and oxygen atoms in total. The third-order valence-electron chi connectivity index (χ3n) is 3.70. The summed E-state index contributed by atoms with van der Waals surface area (Å²) in [5, 5.41) is 13.2. The average molecular weight is 317 g/mol. The molecule has 1 aromatic carbocycles. The molecule has 2 rings (SSSR count). The second-order valence-corrected chi connectivity index (χ2v) is 5.93. The van der Waals surface area contributed by atoms with E-state index in [1.54, 1.807) is 19.9 Å². The van der Waals surface area contributed by atoms with Crippen LogP contribution in [-0.4, -0.2) is 24.2 Å². The monoisotopic (exact) mass is 317 g/mol. The van der Waals surface area contributed by atoms with Crippen LogP contribution in [-0.2, 0) is 10.4 Å². The normalized spacial score (nSPS) is 13.4. The zero-order valence-electron chi connectivity index (χ0n) is 14.0. The van der Waals surface area contributed by atoms with Crippen LogP contribution in [0.2, 0.25) is 0 Å². The number of carbonyl (C=O) groups excluding carboxylic acids is 1. The fourth-order valence-corrected chi connectivity index (χ4v) is 2.44. The Balaban J connectivity index is 1.89. The van der Waals surface area contributed by atoms with Gasteiger partial charge in [0.2, 0.25) is 0 Å². The smallest absolute Gasteiger partial charge is 0.258 e. The highest BCUT2D eigenvalue weighted by Crippen LogP contribution is 2.26. The van der Waals surface area contributed by atoms with Crippen LogP contribution in [0.3, 0.4) is 0 Å². The Morgan fingerprint density at radius 1 is 1.30 bits per heavy atom. The number of aliphatic hydroxyl groups is 1. The van der Waals surface area contributed by atoms with Gasteiger partial charge in [0.05, 0.1) is 6.54 Å². The summed E-state index contributed by atoms with van der Waals surface area (Å²) in [6.45, 7) is 7.17. The number of hydrogen-bond donors (Lipinski definition) is 2. The lowest BCUT2D eigenvalue weighted by Crippen LogP contribution is -2.40. The third kappa shape index (κ3) is 4.36. The highest BCUT2D eigenvalue weighted by Gasteiger charge is 2.28. The minimum atomic E-state index is -1.19. The molecule has 1 heterocycles. The van der Waals surface area contributed by atoms with Crippen molar-refractivity contribution in [3.8, 4) is 5.75 Å². The lowest BCUT2D eigenvalue weighted by Gasteiger charge is -2.23. The van der Waals surface area contributed by atoms with E-state index in [4.69, 9.17) is 9.15 Å². The van der Waals surface area contributed by atoms with Crippen LogP contribution in [0, 0.1) is 20.8 Å². The van der Waals surface area contributed by atoms with Crippen LogP contribution in [0.5, 0.6) is 5.75 Å². The van der Waals surface area contributed by atoms with Gasteiger partial charge in [-0.3, -0.25) is 4.79 Å². The number of benzene rings is 1. The van der Waals surface area contributed by atoms with Gasteiger partial charge in [-0.25, -0.2) is 0 Å². The minimum Gasteiger partial charge on any atom is -0.484 e. The highest BCUT2D eigenvalue weighted by atomic mass is 16.5. The van der Waals surface area contributed by atoms with Gasteiger partial charge in [-0.05, 0) is 45.4 Å². The lowest BCUT2D eigenvalue weighted by atomic mass is 9.96. The molecule has 0 aliphatic rings. The van der Waals surface area contributed by atoms with Gasteiger partial charge >= 0.3 is 0 Å². The van der Waals surface area contributed by atoms with E-state index >= 15 is 0 Å². The van der Waals surface area contributed by atoms with E-state index in [1.807, 2.05) is 38.1 Å². The summed E-state index contributed by atoms with van der Waals surface area (Å²) in [4.78, 5) is 11.9. The highest BCUT2D eigenvalue weighted by molar-refractivity contribution is 5.77. The predicted octanol–water partition coefficient (Wildman–Crippen LogP) is 2.61. The quantitative estimate of drug-likeness (QED) is 0.859. The molecule has 0 saturated heterocycles. The van der Waals surface area contributed by atoms with Crippen molar-refractivity contribution in [2.75, 3.05) is 13.2 Å². The van der Waals surface area contributed by atoms with Crippen LogP contribution in [0.4, 0.5) is 0 Å². The molecule has 0 aliphatic heterocycles. The molecular formula is C18H23NO4.